The van der Waals surface area contributed by atoms with Gasteiger partial charge in [0.1, 0.15) is 12.3 Å². The predicted octanol–water partition coefficient (Wildman–Crippen LogP) is 1.59. The van der Waals surface area contributed by atoms with Gasteiger partial charge in [0, 0.05) is 48.4 Å². The van der Waals surface area contributed by atoms with Gasteiger partial charge in [-0.25, -0.2) is 0 Å². The molecular formula is C25H27N3O3. The van der Waals surface area contributed by atoms with Crippen LogP contribution in [0.25, 0.3) is 17.0 Å². The molecule has 0 atom stereocenters. The molecule has 6 nitrogen and oxygen atoms in total. The number of Topliss-reactive ketones (excluding diaryl/α,β-unsaturated/α-hetero) is 1. The second-order valence-corrected chi connectivity index (χ2v) is 8.43. The van der Waals surface area contributed by atoms with Crippen molar-refractivity contribution in [2.24, 2.45) is 7.05 Å². The zero-order valence-electron chi connectivity index (χ0n) is 18.0. The maximum Gasteiger partial charge on any atom is 0.231 e. The molecule has 0 spiro atoms. The van der Waals surface area contributed by atoms with Gasteiger partial charge < -0.3 is 19.3 Å². The SMILES string of the molecule is CCN1CC[NH+](Cc2c([O-])ccc3c2O/C(=C/c2cn(C)c4ccccc24)C3=O)CC1. The molecule has 0 radical (unpaired) electrons. The van der Waals surface area contributed by atoms with Crippen LogP contribution >= 0.6 is 0 Å². The van der Waals surface area contributed by atoms with E-state index in [9.17, 15) is 9.90 Å². The maximum absolute atomic E-state index is 13.1. The summed E-state index contributed by atoms with van der Waals surface area (Å²) in [5.74, 6) is 0.525. The Morgan fingerprint density at radius 3 is 2.71 bits per heavy atom. The largest absolute Gasteiger partial charge is 0.872 e. The van der Waals surface area contributed by atoms with Crippen molar-refractivity contribution >= 4 is 22.8 Å². The smallest absolute Gasteiger partial charge is 0.231 e. The van der Waals surface area contributed by atoms with Crippen LogP contribution < -0.4 is 14.7 Å². The van der Waals surface area contributed by atoms with Gasteiger partial charge in [0.15, 0.2) is 5.76 Å². The van der Waals surface area contributed by atoms with Crippen molar-refractivity contribution in [1.29, 1.82) is 0 Å². The Morgan fingerprint density at radius 1 is 1.16 bits per heavy atom. The van der Waals surface area contributed by atoms with Crippen molar-refractivity contribution in [3.05, 3.63) is 65.0 Å². The highest BCUT2D eigenvalue weighted by atomic mass is 16.5. The number of benzene rings is 2. The Bertz CT molecular complexity index is 1190. The fraction of sp³-hybridized carbons (Fsp3) is 0.320. The van der Waals surface area contributed by atoms with Crippen LogP contribution in [0.15, 0.2) is 48.4 Å². The van der Waals surface area contributed by atoms with E-state index in [2.05, 4.69) is 11.8 Å². The molecule has 1 saturated heterocycles. The van der Waals surface area contributed by atoms with Gasteiger partial charge in [-0.15, -0.1) is 0 Å². The zero-order valence-corrected chi connectivity index (χ0v) is 18.0. The number of piperazine rings is 1. The number of rotatable bonds is 4. The van der Waals surface area contributed by atoms with E-state index in [1.807, 2.05) is 42.1 Å². The summed E-state index contributed by atoms with van der Waals surface area (Å²) in [7, 11) is 1.99. The maximum atomic E-state index is 13.1. The van der Waals surface area contributed by atoms with Crippen LogP contribution in [0.2, 0.25) is 0 Å². The molecule has 2 aliphatic heterocycles. The Labute approximate surface area is 181 Å². The third kappa shape index (κ3) is 3.52. The molecule has 1 aromatic heterocycles. The predicted molar refractivity (Wildman–Crippen MR) is 118 cm³/mol. The molecule has 0 saturated carbocycles. The Kier molecular flexibility index (Phi) is 5.04. The van der Waals surface area contributed by atoms with Crippen molar-refractivity contribution in [3.8, 4) is 11.5 Å². The van der Waals surface area contributed by atoms with Crippen molar-refractivity contribution in [1.82, 2.24) is 9.47 Å². The number of allylic oxidation sites excluding steroid dienone is 1. The van der Waals surface area contributed by atoms with Gasteiger partial charge in [-0.1, -0.05) is 36.9 Å². The first-order chi connectivity index (χ1) is 15.0. The second-order valence-electron chi connectivity index (χ2n) is 8.43. The summed E-state index contributed by atoms with van der Waals surface area (Å²) in [4.78, 5) is 16.8. The van der Waals surface area contributed by atoms with Crippen LogP contribution in [0.4, 0.5) is 0 Å². The number of hydrogen-bond donors (Lipinski definition) is 1. The third-order valence-corrected chi connectivity index (χ3v) is 6.55. The Balaban J connectivity index is 1.45. The Morgan fingerprint density at radius 2 is 1.94 bits per heavy atom. The molecule has 5 rings (SSSR count). The van der Waals surface area contributed by atoms with Crippen LogP contribution in [0, 0.1) is 0 Å². The van der Waals surface area contributed by atoms with E-state index >= 15 is 0 Å². The van der Waals surface area contributed by atoms with E-state index in [0.29, 0.717) is 23.4 Å². The molecule has 0 amide bonds. The summed E-state index contributed by atoms with van der Waals surface area (Å²) in [6.45, 7) is 7.86. The quantitative estimate of drug-likeness (QED) is 0.655. The molecule has 6 heteroatoms. The van der Waals surface area contributed by atoms with Gasteiger partial charge in [0.2, 0.25) is 5.78 Å². The number of ketones is 1. The van der Waals surface area contributed by atoms with Crippen molar-refractivity contribution in [3.63, 3.8) is 0 Å². The van der Waals surface area contributed by atoms with Gasteiger partial charge >= 0.3 is 0 Å². The molecule has 0 bridgehead atoms. The molecule has 3 heterocycles. The van der Waals surface area contributed by atoms with E-state index in [-0.39, 0.29) is 17.3 Å². The van der Waals surface area contributed by atoms with Crippen LogP contribution in [0.5, 0.6) is 11.5 Å². The average molecular weight is 418 g/mol. The average Bonchev–Trinajstić information content (AvgIpc) is 3.28. The number of para-hydroxylation sites is 1. The minimum absolute atomic E-state index is 0.0524. The number of quaternary nitrogens is 1. The van der Waals surface area contributed by atoms with Gasteiger partial charge in [-0.3, -0.25) is 9.69 Å². The molecule has 1 fully saturated rings. The summed E-state index contributed by atoms with van der Waals surface area (Å²) >= 11 is 0. The number of hydrogen-bond acceptors (Lipinski definition) is 4. The number of ether oxygens (including phenoxy) is 1. The van der Waals surface area contributed by atoms with Crippen LogP contribution in [0.1, 0.15) is 28.4 Å². The first-order valence-electron chi connectivity index (χ1n) is 10.9. The number of nitrogens with one attached hydrogen (secondary N) is 1. The number of fused-ring (bicyclic) bond motifs is 2. The lowest BCUT2D eigenvalue weighted by molar-refractivity contribution is -0.918. The van der Waals surface area contributed by atoms with Gasteiger partial charge in [0.05, 0.1) is 18.7 Å². The van der Waals surface area contributed by atoms with E-state index in [1.54, 1.807) is 12.1 Å². The molecule has 160 valence electrons. The summed E-state index contributed by atoms with van der Waals surface area (Å²) in [6, 6.07) is 11.2. The lowest BCUT2D eigenvalue weighted by atomic mass is 10.0. The molecule has 1 N–H and O–H groups in total. The summed E-state index contributed by atoms with van der Waals surface area (Å²) < 4.78 is 8.09. The minimum atomic E-state index is -0.157. The summed E-state index contributed by atoms with van der Waals surface area (Å²) in [5.41, 5.74) is 3.13. The highest BCUT2D eigenvalue weighted by Gasteiger charge is 2.32. The molecule has 2 aromatic carbocycles. The normalized spacial score (nSPS) is 18.6. The lowest BCUT2D eigenvalue weighted by Gasteiger charge is -2.32. The van der Waals surface area contributed by atoms with E-state index in [0.717, 1.165) is 49.2 Å². The standard InChI is InChI=1S/C25H27N3O3/c1-3-27-10-12-28(13-11-27)16-20-22(29)9-8-19-24(30)23(31-25(19)20)14-17-15-26(2)21-7-5-4-6-18(17)21/h4-9,14-15,29H,3,10-13,16H2,1-2H3/b23-14+. The fourth-order valence-corrected chi connectivity index (χ4v) is 4.70. The van der Waals surface area contributed by atoms with E-state index in [4.69, 9.17) is 4.74 Å². The minimum Gasteiger partial charge on any atom is -0.872 e. The van der Waals surface area contributed by atoms with Crippen LogP contribution in [-0.4, -0.2) is 48.0 Å². The highest BCUT2D eigenvalue weighted by molar-refractivity contribution is 6.15. The molecule has 2 aliphatic rings. The number of carbonyl (C=O) groups excluding carboxylic acids is 1. The molecular weight excluding hydrogens is 390 g/mol. The van der Waals surface area contributed by atoms with E-state index < -0.39 is 0 Å². The fourth-order valence-electron chi connectivity index (χ4n) is 4.70. The van der Waals surface area contributed by atoms with Crippen LogP contribution in [-0.2, 0) is 13.6 Å². The number of aromatic nitrogens is 1. The molecule has 31 heavy (non-hydrogen) atoms. The number of carbonyl (C=O) groups is 1. The monoisotopic (exact) mass is 417 g/mol. The van der Waals surface area contributed by atoms with Gasteiger partial charge in [-0.05, 0) is 24.8 Å². The van der Waals surface area contributed by atoms with Crippen molar-refractivity contribution in [2.45, 2.75) is 13.5 Å². The second kappa shape index (κ2) is 7.87. The third-order valence-electron chi connectivity index (χ3n) is 6.55. The zero-order chi connectivity index (χ0) is 21.5. The number of nitrogens with zero attached hydrogens (tertiary/aromatic N) is 2. The summed E-state index contributed by atoms with van der Waals surface area (Å²) in [5, 5.41) is 13.7. The van der Waals surface area contributed by atoms with E-state index in [1.165, 1.54) is 11.0 Å². The highest BCUT2D eigenvalue weighted by Crippen LogP contribution is 2.38. The van der Waals surface area contributed by atoms with Crippen molar-refractivity contribution < 1.29 is 19.5 Å². The van der Waals surface area contributed by atoms with Gasteiger partial charge in [-0.2, -0.15) is 0 Å². The topological polar surface area (TPSA) is 62.0 Å². The first-order valence-corrected chi connectivity index (χ1v) is 10.9. The lowest BCUT2D eigenvalue weighted by Crippen LogP contribution is -3.13. The summed E-state index contributed by atoms with van der Waals surface area (Å²) in [6.07, 6.45) is 3.79. The molecule has 3 aromatic rings. The number of aryl methyl sites for hydroxylation is 1. The molecule has 0 aliphatic carbocycles. The number of likely N-dealkylation sites (N-methyl/N-ethyl adjacent to an activating group) is 1. The van der Waals surface area contributed by atoms with Gasteiger partial charge in [0.25, 0.3) is 0 Å². The molecule has 0 unspecified atom stereocenters. The van der Waals surface area contributed by atoms with Crippen LogP contribution in [0.3, 0.4) is 0 Å². The van der Waals surface area contributed by atoms with Crippen molar-refractivity contribution in [2.75, 3.05) is 32.7 Å². The Hall–Kier alpha value is -3.09. The first kappa shape index (κ1) is 19.8.